The summed E-state index contributed by atoms with van der Waals surface area (Å²) in [6.45, 7) is 3.14. The van der Waals surface area contributed by atoms with Gasteiger partial charge < -0.3 is 29.8 Å². The second-order valence-electron chi connectivity index (χ2n) is 5.70. The van der Waals surface area contributed by atoms with Crippen LogP contribution >= 0.6 is 0 Å². The Kier molecular flexibility index (Phi) is 6.00. The van der Waals surface area contributed by atoms with Gasteiger partial charge in [-0.25, -0.2) is 4.98 Å². The summed E-state index contributed by atoms with van der Waals surface area (Å²) in [6.07, 6.45) is -3.54. The lowest BCUT2D eigenvalue weighted by Gasteiger charge is -2.23. The van der Waals surface area contributed by atoms with Gasteiger partial charge in [0.25, 0.3) is 5.91 Å². The van der Waals surface area contributed by atoms with E-state index in [1.165, 1.54) is 6.92 Å². The fraction of sp³-hybridized carbons (Fsp3) is 0.533. The number of esters is 3. The first-order valence-corrected chi connectivity index (χ1v) is 7.80. The molecule has 148 valence electrons. The number of imidazole rings is 1. The van der Waals surface area contributed by atoms with Crippen molar-refractivity contribution in [2.75, 3.05) is 6.61 Å². The lowest BCUT2D eigenvalue weighted by molar-refractivity contribution is -0.166. The predicted molar refractivity (Wildman–Crippen MR) is 84.1 cm³/mol. The first-order chi connectivity index (χ1) is 12.6. The van der Waals surface area contributed by atoms with E-state index in [2.05, 4.69) is 4.98 Å². The van der Waals surface area contributed by atoms with Crippen molar-refractivity contribution in [2.45, 2.75) is 45.3 Å². The van der Waals surface area contributed by atoms with Crippen LogP contribution in [0, 0.1) is 0 Å². The third-order valence-electron chi connectivity index (χ3n) is 3.62. The number of primary amides is 1. The third-order valence-corrected chi connectivity index (χ3v) is 3.62. The Hall–Kier alpha value is -3.15. The minimum absolute atomic E-state index is 0.306. The summed E-state index contributed by atoms with van der Waals surface area (Å²) in [5, 5.41) is 10.2. The zero-order valence-electron chi connectivity index (χ0n) is 14.8. The first kappa shape index (κ1) is 20.2. The third kappa shape index (κ3) is 4.53. The molecule has 1 saturated heterocycles. The number of hydrogen-bond acceptors (Lipinski definition) is 10. The topological polar surface area (TPSA) is 169 Å². The molecule has 1 aliphatic rings. The fourth-order valence-corrected chi connectivity index (χ4v) is 2.63. The van der Waals surface area contributed by atoms with Crippen molar-refractivity contribution in [1.82, 2.24) is 9.55 Å². The van der Waals surface area contributed by atoms with E-state index in [1.807, 2.05) is 0 Å². The van der Waals surface area contributed by atoms with Crippen LogP contribution in [0.4, 0.5) is 0 Å². The molecular weight excluding hydrogens is 366 g/mol. The van der Waals surface area contributed by atoms with Gasteiger partial charge in [-0.15, -0.1) is 0 Å². The molecule has 1 amide bonds. The molecule has 0 unspecified atom stereocenters. The number of aromatic nitrogens is 2. The lowest BCUT2D eigenvalue weighted by atomic mass is 10.1. The van der Waals surface area contributed by atoms with Crippen LogP contribution in [0.2, 0.25) is 0 Å². The molecule has 0 radical (unpaired) electrons. The molecule has 4 atom stereocenters. The van der Waals surface area contributed by atoms with Gasteiger partial charge in [-0.05, 0) is 0 Å². The maximum atomic E-state index is 11.5. The average molecular weight is 385 g/mol. The molecule has 12 heteroatoms. The number of ether oxygens (including phenoxy) is 4. The molecule has 1 aromatic rings. The molecule has 12 nitrogen and oxygen atoms in total. The van der Waals surface area contributed by atoms with Gasteiger partial charge in [-0.3, -0.25) is 23.7 Å². The van der Waals surface area contributed by atoms with Crippen LogP contribution in [-0.4, -0.2) is 63.4 Å². The smallest absolute Gasteiger partial charge is 0.303 e. The molecule has 0 aliphatic carbocycles. The summed E-state index contributed by atoms with van der Waals surface area (Å²) < 4.78 is 21.9. The minimum Gasteiger partial charge on any atom is -0.493 e. The molecule has 1 aromatic heterocycles. The largest absolute Gasteiger partial charge is 0.493 e. The zero-order chi connectivity index (χ0) is 20.3. The van der Waals surface area contributed by atoms with Crippen LogP contribution in [0.1, 0.15) is 37.5 Å². The number of carbonyl (C=O) groups excluding carboxylic acids is 4. The van der Waals surface area contributed by atoms with E-state index >= 15 is 0 Å². The highest BCUT2D eigenvalue weighted by Gasteiger charge is 2.51. The number of carbonyl (C=O) groups is 4. The maximum absolute atomic E-state index is 11.5. The zero-order valence-corrected chi connectivity index (χ0v) is 14.8. The van der Waals surface area contributed by atoms with Crippen molar-refractivity contribution >= 4 is 23.8 Å². The molecular formula is C15H19N3O9. The van der Waals surface area contributed by atoms with Gasteiger partial charge in [-0.1, -0.05) is 0 Å². The van der Waals surface area contributed by atoms with Crippen molar-refractivity contribution in [3.8, 4) is 5.88 Å². The molecule has 27 heavy (non-hydrogen) atoms. The molecule has 0 spiro atoms. The lowest BCUT2D eigenvalue weighted by Crippen LogP contribution is -2.40. The van der Waals surface area contributed by atoms with Gasteiger partial charge in [0, 0.05) is 20.8 Å². The van der Waals surface area contributed by atoms with Crippen LogP contribution in [0.25, 0.3) is 0 Å². The van der Waals surface area contributed by atoms with E-state index in [0.29, 0.717) is 0 Å². The van der Waals surface area contributed by atoms with Crippen LogP contribution in [0.3, 0.4) is 0 Å². The summed E-state index contributed by atoms with van der Waals surface area (Å²) in [4.78, 5) is 49.0. The Morgan fingerprint density at radius 2 is 1.74 bits per heavy atom. The molecule has 0 bridgehead atoms. The number of rotatable bonds is 6. The molecule has 2 heterocycles. The van der Waals surface area contributed by atoms with Gasteiger partial charge in [0.1, 0.15) is 19.0 Å². The standard InChI is InChI=1S/C15H19N3O9/c1-6(19)24-4-9-11(25-7(2)20)12(26-8(3)21)15(27-9)18-5-17-10(13(16)22)14(18)23/h5,9,11-12,15,23H,4H2,1-3H3,(H2,16,22)/t9-,11-,12-,15+/m1/s1. The fourth-order valence-electron chi connectivity index (χ4n) is 2.63. The van der Waals surface area contributed by atoms with Gasteiger partial charge >= 0.3 is 17.9 Å². The van der Waals surface area contributed by atoms with Gasteiger partial charge in [0.05, 0.1) is 0 Å². The Balaban J connectivity index is 2.41. The van der Waals surface area contributed by atoms with E-state index < -0.39 is 59.9 Å². The second kappa shape index (κ2) is 8.03. The number of amides is 1. The first-order valence-electron chi connectivity index (χ1n) is 7.80. The summed E-state index contributed by atoms with van der Waals surface area (Å²) in [7, 11) is 0. The number of nitrogens with zero attached hydrogens (tertiary/aromatic N) is 2. The van der Waals surface area contributed by atoms with Crippen molar-refractivity contribution in [1.29, 1.82) is 0 Å². The Labute approximate surface area is 153 Å². The van der Waals surface area contributed by atoms with Crippen LogP contribution in [0.15, 0.2) is 6.33 Å². The van der Waals surface area contributed by atoms with E-state index in [0.717, 1.165) is 24.7 Å². The second-order valence-corrected chi connectivity index (χ2v) is 5.70. The van der Waals surface area contributed by atoms with Crippen molar-refractivity contribution < 1.29 is 43.2 Å². The normalized spacial score (nSPS) is 24.3. The summed E-state index contributed by atoms with van der Waals surface area (Å²) in [5.41, 5.74) is 4.69. The highest BCUT2D eigenvalue weighted by molar-refractivity contribution is 5.93. The molecule has 3 N–H and O–H groups in total. The summed E-state index contributed by atoms with van der Waals surface area (Å²) in [5.74, 6) is -3.62. The molecule has 0 saturated carbocycles. The van der Waals surface area contributed by atoms with Gasteiger partial charge in [0.2, 0.25) is 5.88 Å². The quantitative estimate of drug-likeness (QED) is 0.458. The summed E-state index contributed by atoms with van der Waals surface area (Å²) in [6, 6.07) is 0. The minimum atomic E-state index is -1.22. The van der Waals surface area contributed by atoms with Crippen LogP contribution in [-0.2, 0) is 33.3 Å². The Morgan fingerprint density at radius 3 is 2.22 bits per heavy atom. The Bertz CT molecular complexity index is 760. The van der Waals surface area contributed by atoms with Crippen LogP contribution < -0.4 is 5.73 Å². The highest BCUT2D eigenvalue weighted by atomic mass is 16.7. The molecule has 1 aliphatic heterocycles. The van der Waals surface area contributed by atoms with E-state index in [-0.39, 0.29) is 6.61 Å². The highest BCUT2D eigenvalue weighted by Crippen LogP contribution is 2.37. The molecule has 0 aromatic carbocycles. The molecule has 2 rings (SSSR count). The molecule has 1 fully saturated rings. The SMILES string of the molecule is CC(=O)OC[C@H]1O[C@H](n2cnc(C(N)=O)c2O)[C@H](OC(C)=O)[C@@H]1OC(C)=O. The average Bonchev–Trinajstić information content (AvgIpc) is 3.06. The van der Waals surface area contributed by atoms with Crippen LogP contribution in [0.5, 0.6) is 5.88 Å². The number of hydrogen-bond donors (Lipinski definition) is 2. The van der Waals surface area contributed by atoms with Gasteiger partial charge in [-0.2, -0.15) is 0 Å². The van der Waals surface area contributed by atoms with E-state index in [4.69, 9.17) is 24.7 Å². The van der Waals surface area contributed by atoms with E-state index in [1.54, 1.807) is 0 Å². The predicted octanol–water partition coefficient (Wildman–Crippen LogP) is -0.988. The van der Waals surface area contributed by atoms with Crippen molar-refractivity contribution in [2.24, 2.45) is 5.73 Å². The summed E-state index contributed by atoms with van der Waals surface area (Å²) >= 11 is 0. The van der Waals surface area contributed by atoms with Crippen molar-refractivity contribution in [3.63, 3.8) is 0 Å². The monoisotopic (exact) mass is 385 g/mol. The number of aromatic hydroxyl groups is 1. The maximum Gasteiger partial charge on any atom is 0.303 e. The van der Waals surface area contributed by atoms with Gasteiger partial charge in [0.15, 0.2) is 24.1 Å². The van der Waals surface area contributed by atoms with E-state index in [9.17, 15) is 24.3 Å². The van der Waals surface area contributed by atoms with Crippen molar-refractivity contribution in [3.05, 3.63) is 12.0 Å². The Morgan fingerprint density at radius 1 is 1.15 bits per heavy atom. The number of nitrogens with two attached hydrogens (primary N) is 1.